The topological polar surface area (TPSA) is 17.1 Å². The molecule has 0 saturated heterocycles. The molecule has 0 amide bonds. The Morgan fingerprint density at radius 3 is 2.50 bits per heavy atom. The summed E-state index contributed by atoms with van der Waals surface area (Å²) in [5, 5.41) is 0.276. The van der Waals surface area contributed by atoms with Gasteiger partial charge in [-0.2, -0.15) is 13.2 Å². The fourth-order valence-electron chi connectivity index (χ4n) is 0.841. The molecule has 0 saturated carbocycles. The number of rotatable bonds is 2. The van der Waals surface area contributed by atoms with E-state index in [-0.39, 0.29) is 9.92 Å². The third kappa shape index (κ3) is 3.67. The molecule has 0 aliphatic rings. The van der Waals surface area contributed by atoms with E-state index in [1.165, 1.54) is 24.3 Å². The van der Waals surface area contributed by atoms with Crippen LogP contribution in [0.2, 0.25) is 5.02 Å². The highest BCUT2D eigenvalue weighted by molar-refractivity contribution is 7.85. The summed E-state index contributed by atoms with van der Waals surface area (Å²) in [4.78, 5) is 0.0924. The molecule has 1 atom stereocenters. The van der Waals surface area contributed by atoms with Gasteiger partial charge in [0.05, 0.1) is 10.8 Å². The van der Waals surface area contributed by atoms with Gasteiger partial charge in [-0.1, -0.05) is 17.7 Å². The summed E-state index contributed by atoms with van der Waals surface area (Å²) in [6.45, 7) is 0. The Morgan fingerprint density at radius 1 is 1.36 bits per heavy atom. The van der Waals surface area contributed by atoms with Crippen LogP contribution in [0.25, 0.3) is 0 Å². The van der Waals surface area contributed by atoms with Crippen LogP contribution >= 0.6 is 11.6 Å². The molecule has 1 aromatic carbocycles. The van der Waals surface area contributed by atoms with Crippen molar-refractivity contribution in [3.63, 3.8) is 0 Å². The molecule has 6 heteroatoms. The minimum Gasteiger partial charge on any atom is -0.254 e. The van der Waals surface area contributed by atoms with Crippen molar-refractivity contribution in [1.82, 2.24) is 0 Å². The molecule has 0 bridgehead atoms. The lowest BCUT2D eigenvalue weighted by Crippen LogP contribution is -2.18. The van der Waals surface area contributed by atoms with Crippen molar-refractivity contribution in [3.05, 3.63) is 29.3 Å². The van der Waals surface area contributed by atoms with E-state index in [0.29, 0.717) is 0 Å². The largest absolute Gasteiger partial charge is 0.400 e. The van der Waals surface area contributed by atoms with Gasteiger partial charge in [0, 0.05) is 9.92 Å². The van der Waals surface area contributed by atoms with Gasteiger partial charge in [0.1, 0.15) is 5.75 Å². The molecule has 0 N–H and O–H groups in total. The van der Waals surface area contributed by atoms with E-state index >= 15 is 0 Å². The summed E-state index contributed by atoms with van der Waals surface area (Å²) in [6.07, 6.45) is -4.42. The molecule has 14 heavy (non-hydrogen) atoms. The Balaban J connectivity index is 2.80. The summed E-state index contributed by atoms with van der Waals surface area (Å²) < 4.78 is 46.7. The quantitative estimate of drug-likeness (QED) is 0.779. The highest BCUT2D eigenvalue weighted by Gasteiger charge is 2.30. The molecule has 1 nitrogen and oxygen atoms in total. The van der Waals surface area contributed by atoms with E-state index in [2.05, 4.69) is 0 Å². The van der Waals surface area contributed by atoms with Crippen molar-refractivity contribution in [1.29, 1.82) is 0 Å². The maximum Gasteiger partial charge on any atom is 0.400 e. The first-order valence-electron chi connectivity index (χ1n) is 3.59. The zero-order chi connectivity index (χ0) is 10.8. The standard InChI is InChI=1S/C8H6ClF3OS/c9-6-2-1-3-7(4-6)14(13)5-8(10,11)12/h1-4H,5H2. The molecule has 78 valence electrons. The third-order valence-electron chi connectivity index (χ3n) is 1.35. The summed E-state index contributed by atoms with van der Waals surface area (Å²) >= 11 is 5.54. The first-order valence-corrected chi connectivity index (χ1v) is 5.29. The zero-order valence-electron chi connectivity index (χ0n) is 6.84. The number of hydrogen-bond acceptors (Lipinski definition) is 1. The van der Waals surface area contributed by atoms with Gasteiger partial charge in [0.15, 0.2) is 0 Å². The van der Waals surface area contributed by atoms with E-state index in [9.17, 15) is 17.4 Å². The van der Waals surface area contributed by atoms with E-state index < -0.39 is 22.7 Å². The molecule has 1 aromatic rings. The normalized spacial score (nSPS) is 14.0. The van der Waals surface area contributed by atoms with Crippen molar-refractivity contribution in [2.45, 2.75) is 11.1 Å². The lowest BCUT2D eigenvalue weighted by atomic mass is 10.4. The molecule has 0 spiro atoms. The number of hydrogen-bond donors (Lipinski definition) is 0. The van der Waals surface area contributed by atoms with Gasteiger partial charge in [-0.15, -0.1) is 0 Å². The summed E-state index contributed by atoms with van der Waals surface area (Å²) in [7, 11) is -2.07. The second-order valence-corrected chi connectivity index (χ2v) is 4.45. The van der Waals surface area contributed by atoms with Crippen LogP contribution in [-0.2, 0) is 10.8 Å². The molecule has 0 fully saturated rings. The second kappa shape index (κ2) is 4.31. The SMILES string of the molecule is O=S(CC(F)(F)F)c1cccc(Cl)c1. The molecule has 0 heterocycles. The van der Waals surface area contributed by atoms with Crippen LogP contribution in [0.1, 0.15) is 0 Å². The van der Waals surface area contributed by atoms with Crippen LogP contribution in [0.3, 0.4) is 0 Å². The Hall–Kier alpha value is -0.550. The van der Waals surface area contributed by atoms with Crippen LogP contribution in [0.4, 0.5) is 13.2 Å². The molecule has 1 unspecified atom stereocenters. The highest BCUT2D eigenvalue weighted by Crippen LogP contribution is 2.21. The highest BCUT2D eigenvalue weighted by atomic mass is 35.5. The fraction of sp³-hybridized carbons (Fsp3) is 0.250. The van der Waals surface area contributed by atoms with Crippen LogP contribution in [0.15, 0.2) is 29.2 Å². The van der Waals surface area contributed by atoms with Gasteiger partial charge in [0.2, 0.25) is 0 Å². The van der Waals surface area contributed by atoms with Gasteiger partial charge < -0.3 is 0 Å². The molecule has 0 aliphatic heterocycles. The van der Waals surface area contributed by atoms with Gasteiger partial charge in [-0.3, -0.25) is 4.21 Å². The lowest BCUT2D eigenvalue weighted by molar-refractivity contribution is -0.105. The summed E-state index contributed by atoms with van der Waals surface area (Å²) in [6, 6.07) is 5.60. The first-order chi connectivity index (χ1) is 6.38. The van der Waals surface area contributed by atoms with Crippen LogP contribution in [0, 0.1) is 0 Å². The molecule has 1 rings (SSSR count). The minimum absolute atomic E-state index is 0.0924. The average molecular weight is 243 g/mol. The summed E-state index contributed by atoms with van der Waals surface area (Å²) in [5.74, 6) is -1.34. The lowest BCUT2D eigenvalue weighted by Gasteiger charge is -2.05. The van der Waals surface area contributed by atoms with Crippen molar-refractivity contribution < 1.29 is 17.4 Å². The van der Waals surface area contributed by atoms with E-state index in [1.54, 1.807) is 0 Å². The molecular weight excluding hydrogens is 237 g/mol. The maximum absolute atomic E-state index is 11.9. The predicted octanol–water partition coefficient (Wildman–Crippen LogP) is 3.01. The van der Waals surface area contributed by atoms with Crippen LogP contribution in [0.5, 0.6) is 0 Å². The van der Waals surface area contributed by atoms with Crippen molar-refractivity contribution in [2.24, 2.45) is 0 Å². The Labute approximate surface area is 86.3 Å². The molecule has 0 aromatic heterocycles. The van der Waals surface area contributed by atoms with E-state index in [1.807, 2.05) is 0 Å². The monoisotopic (exact) mass is 242 g/mol. The fourth-order valence-corrected chi connectivity index (χ4v) is 2.05. The molecular formula is C8H6ClF3OS. The Bertz CT molecular complexity index is 351. The summed E-state index contributed by atoms with van der Waals surface area (Å²) in [5.41, 5.74) is 0. The molecule has 0 radical (unpaired) electrons. The number of alkyl halides is 3. The van der Waals surface area contributed by atoms with Crippen molar-refractivity contribution >= 4 is 22.4 Å². The van der Waals surface area contributed by atoms with Gasteiger partial charge >= 0.3 is 6.18 Å². The Morgan fingerprint density at radius 2 is 2.00 bits per heavy atom. The van der Waals surface area contributed by atoms with Crippen LogP contribution < -0.4 is 0 Å². The number of halogens is 4. The molecule has 0 aliphatic carbocycles. The van der Waals surface area contributed by atoms with E-state index in [4.69, 9.17) is 11.6 Å². The first kappa shape index (κ1) is 11.5. The van der Waals surface area contributed by atoms with Gasteiger partial charge in [0.25, 0.3) is 0 Å². The van der Waals surface area contributed by atoms with E-state index in [0.717, 1.165) is 0 Å². The second-order valence-electron chi connectivity index (χ2n) is 2.56. The average Bonchev–Trinajstić information content (AvgIpc) is 2.01. The third-order valence-corrected chi connectivity index (χ3v) is 2.96. The smallest absolute Gasteiger partial charge is 0.254 e. The zero-order valence-corrected chi connectivity index (χ0v) is 8.42. The maximum atomic E-state index is 11.9. The van der Waals surface area contributed by atoms with Gasteiger partial charge in [-0.05, 0) is 18.2 Å². The van der Waals surface area contributed by atoms with Crippen LogP contribution in [-0.4, -0.2) is 16.1 Å². The predicted molar refractivity (Wildman–Crippen MR) is 48.8 cm³/mol. The number of benzene rings is 1. The van der Waals surface area contributed by atoms with Crippen molar-refractivity contribution in [2.75, 3.05) is 5.75 Å². The minimum atomic E-state index is -4.42. The Kier molecular flexibility index (Phi) is 3.55. The van der Waals surface area contributed by atoms with Crippen molar-refractivity contribution in [3.8, 4) is 0 Å². The van der Waals surface area contributed by atoms with Gasteiger partial charge in [-0.25, -0.2) is 0 Å².